The third-order valence-electron chi connectivity index (χ3n) is 5.48. The Bertz CT molecular complexity index is 464. The van der Waals surface area contributed by atoms with Crippen LogP contribution < -0.4 is 4.90 Å². The highest BCUT2D eigenvalue weighted by atomic mass is 16.1. The van der Waals surface area contributed by atoms with Gasteiger partial charge in [-0.2, -0.15) is 0 Å². The number of hydrogen-bond donors (Lipinski definition) is 0. The van der Waals surface area contributed by atoms with Crippen molar-refractivity contribution in [2.24, 2.45) is 5.41 Å². The number of anilines is 1. The Morgan fingerprint density at radius 2 is 1.59 bits per heavy atom. The fourth-order valence-electron chi connectivity index (χ4n) is 4.36. The van der Waals surface area contributed by atoms with Crippen LogP contribution >= 0.6 is 0 Å². The molecule has 2 aliphatic rings. The number of para-hydroxylation sites is 1. The molecule has 3 nitrogen and oxygen atoms in total. The van der Waals surface area contributed by atoms with Crippen molar-refractivity contribution in [1.29, 1.82) is 0 Å². The zero-order chi connectivity index (χ0) is 15.3. The number of benzene rings is 1. The molecule has 22 heavy (non-hydrogen) atoms. The topological polar surface area (TPSA) is 23.6 Å². The molecule has 120 valence electrons. The highest BCUT2D eigenvalue weighted by Gasteiger charge is 2.35. The molecule has 1 aromatic rings. The van der Waals surface area contributed by atoms with Crippen LogP contribution in [0, 0.1) is 5.41 Å². The lowest BCUT2D eigenvalue weighted by molar-refractivity contribution is -0.109. The van der Waals surface area contributed by atoms with Crippen LogP contribution in [0.15, 0.2) is 30.3 Å². The van der Waals surface area contributed by atoms with Gasteiger partial charge in [0.05, 0.1) is 6.54 Å². The van der Waals surface area contributed by atoms with Crippen LogP contribution in [-0.2, 0) is 4.79 Å². The molecule has 0 N–H and O–H groups in total. The SMILES string of the molecule is O=CCN1CCCC2(CCC1)CCCN(c1ccccc1)C2. The van der Waals surface area contributed by atoms with Crippen molar-refractivity contribution in [3.05, 3.63) is 30.3 Å². The molecular weight excluding hydrogens is 272 g/mol. The Morgan fingerprint density at radius 1 is 0.955 bits per heavy atom. The fraction of sp³-hybridized carbons (Fsp3) is 0.632. The van der Waals surface area contributed by atoms with Crippen molar-refractivity contribution in [2.75, 3.05) is 37.6 Å². The first-order valence-corrected chi connectivity index (χ1v) is 8.77. The molecule has 0 saturated carbocycles. The van der Waals surface area contributed by atoms with Gasteiger partial charge in [-0.1, -0.05) is 18.2 Å². The molecule has 2 saturated heterocycles. The largest absolute Gasteiger partial charge is 0.371 e. The van der Waals surface area contributed by atoms with E-state index in [1.54, 1.807) is 0 Å². The van der Waals surface area contributed by atoms with E-state index in [1.165, 1.54) is 57.3 Å². The molecular formula is C19H28N2O. The van der Waals surface area contributed by atoms with E-state index < -0.39 is 0 Å². The van der Waals surface area contributed by atoms with E-state index in [1.807, 2.05) is 0 Å². The second-order valence-electron chi connectivity index (χ2n) is 7.04. The summed E-state index contributed by atoms with van der Waals surface area (Å²) in [5.41, 5.74) is 1.88. The number of likely N-dealkylation sites (tertiary alicyclic amines) is 1. The van der Waals surface area contributed by atoms with E-state index in [9.17, 15) is 4.79 Å². The van der Waals surface area contributed by atoms with Crippen LogP contribution in [0.5, 0.6) is 0 Å². The van der Waals surface area contributed by atoms with Crippen LogP contribution in [0.3, 0.4) is 0 Å². The highest BCUT2D eigenvalue weighted by molar-refractivity contribution is 5.51. The van der Waals surface area contributed by atoms with Gasteiger partial charge < -0.3 is 9.69 Å². The lowest BCUT2D eigenvalue weighted by Gasteiger charge is -2.46. The van der Waals surface area contributed by atoms with Crippen LogP contribution in [0.25, 0.3) is 0 Å². The molecule has 0 bridgehead atoms. The van der Waals surface area contributed by atoms with Gasteiger partial charge in [0.2, 0.25) is 0 Å². The molecule has 0 unspecified atom stereocenters. The quantitative estimate of drug-likeness (QED) is 0.800. The van der Waals surface area contributed by atoms with E-state index in [-0.39, 0.29) is 0 Å². The Labute approximate surface area is 134 Å². The minimum absolute atomic E-state index is 0.501. The van der Waals surface area contributed by atoms with Crippen molar-refractivity contribution >= 4 is 12.0 Å². The van der Waals surface area contributed by atoms with Crippen LogP contribution in [0.2, 0.25) is 0 Å². The Morgan fingerprint density at radius 3 is 2.23 bits per heavy atom. The summed E-state index contributed by atoms with van der Waals surface area (Å²) in [7, 11) is 0. The predicted octanol–water partition coefficient (Wildman–Crippen LogP) is 3.35. The molecule has 0 aromatic heterocycles. The smallest absolute Gasteiger partial charge is 0.133 e. The van der Waals surface area contributed by atoms with Gasteiger partial charge in [0, 0.05) is 18.8 Å². The first-order valence-electron chi connectivity index (χ1n) is 8.77. The number of aldehydes is 1. The normalized spacial score (nSPS) is 23.0. The number of carbonyl (C=O) groups excluding carboxylic acids is 1. The zero-order valence-electron chi connectivity index (χ0n) is 13.5. The van der Waals surface area contributed by atoms with Gasteiger partial charge in [0.1, 0.15) is 6.29 Å². The van der Waals surface area contributed by atoms with Gasteiger partial charge in [0.15, 0.2) is 0 Å². The average molecular weight is 300 g/mol. The van der Waals surface area contributed by atoms with E-state index in [2.05, 4.69) is 40.1 Å². The first kappa shape index (κ1) is 15.5. The maximum absolute atomic E-state index is 10.7. The summed E-state index contributed by atoms with van der Waals surface area (Å²) in [5, 5.41) is 0. The molecule has 0 amide bonds. The summed E-state index contributed by atoms with van der Waals surface area (Å²) in [6.07, 6.45) is 8.83. The maximum Gasteiger partial charge on any atom is 0.133 e. The Hall–Kier alpha value is -1.35. The predicted molar refractivity (Wildman–Crippen MR) is 91.3 cm³/mol. The molecule has 2 fully saturated rings. The number of rotatable bonds is 3. The summed E-state index contributed by atoms with van der Waals surface area (Å²) < 4.78 is 0. The van der Waals surface area contributed by atoms with Crippen molar-refractivity contribution in [2.45, 2.75) is 38.5 Å². The van der Waals surface area contributed by atoms with Crippen LogP contribution in [-0.4, -0.2) is 43.9 Å². The second-order valence-corrected chi connectivity index (χ2v) is 7.04. The Kier molecular flexibility index (Phi) is 5.14. The van der Waals surface area contributed by atoms with Crippen molar-refractivity contribution in [3.63, 3.8) is 0 Å². The average Bonchev–Trinajstić information content (AvgIpc) is 2.54. The molecule has 0 atom stereocenters. The molecule has 1 spiro atoms. The summed E-state index contributed by atoms with van der Waals surface area (Å²) in [6.45, 7) is 5.20. The number of piperidine rings is 1. The highest BCUT2D eigenvalue weighted by Crippen LogP contribution is 2.41. The lowest BCUT2D eigenvalue weighted by Crippen LogP contribution is -2.45. The summed E-state index contributed by atoms with van der Waals surface area (Å²) in [6, 6.07) is 10.9. The van der Waals surface area contributed by atoms with Crippen LogP contribution in [0.4, 0.5) is 5.69 Å². The zero-order valence-corrected chi connectivity index (χ0v) is 13.5. The first-order chi connectivity index (χ1) is 10.8. The lowest BCUT2D eigenvalue weighted by atomic mass is 9.72. The minimum atomic E-state index is 0.501. The van der Waals surface area contributed by atoms with E-state index in [4.69, 9.17) is 0 Å². The molecule has 3 rings (SSSR count). The number of carbonyl (C=O) groups is 1. The second kappa shape index (κ2) is 7.28. The van der Waals surface area contributed by atoms with E-state index >= 15 is 0 Å². The summed E-state index contributed by atoms with van der Waals surface area (Å²) >= 11 is 0. The number of nitrogens with zero attached hydrogens (tertiary/aromatic N) is 2. The minimum Gasteiger partial charge on any atom is -0.371 e. The molecule has 1 aromatic carbocycles. The van der Waals surface area contributed by atoms with E-state index in [0.717, 1.165) is 19.4 Å². The van der Waals surface area contributed by atoms with Gasteiger partial charge in [-0.25, -0.2) is 0 Å². The molecule has 0 radical (unpaired) electrons. The monoisotopic (exact) mass is 300 g/mol. The summed E-state index contributed by atoms with van der Waals surface area (Å²) in [4.78, 5) is 15.6. The molecule has 3 heteroatoms. The van der Waals surface area contributed by atoms with Gasteiger partial charge in [0.25, 0.3) is 0 Å². The van der Waals surface area contributed by atoms with Gasteiger partial charge in [-0.15, -0.1) is 0 Å². The standard InChI is InChI=1S/C19H28N2O/c22-16-15-20-12-4-9-19(10-5-13-20)11-6-14-21(17-19)18-7-2-1-3-8-18/h1-3,7-8,16H,4-6,9-15,17H2. The van der Waals surface area contributed by atoms with Gasteiger partial charge >= 0.3 is 0 Å². The van der Waals surface area contributed by atoms with Crippen molar-refractivity contribution < 1.29 is 4.79 Å². The van der Waals surface area contributed by atoms with Gasteiger partial charge in [-0.05, 0) is 69.2 Å². The summed E-state index contributed by atoms with van der Waals surface area (Å²) in [5.74, 6) is 0. The molecule has 2 heterocycles. The van der Waals surface area contributed by atoms with Crippen LogP contribution in [0.1, 0.15) is 38.5 Å². The third kappa shape index (κ3) is 3.70. The molecule has 0 aliphatic carbocycles. The van der Waals surface area contributed by atoms with Gasteiger partial charge in [-0.3, -0.25) is 4.90 Å². The van der Waals surface area contributed by atoms with E-state index in [0.29, 0.717) is 12.0 Å². The fourth-order valence-corrected chi connectivity index (χ4v) is 4.36. The maximum atomic E-state index is 10.7. The third-order valence-corrected chi connectivity index (χ3v) is 5.48. The number of hydrogen-bond acceptors (Lipinski definition) is 3. The van der Waals surface area contributed by atoms with Crippen molar-refractivity contribution in [1.82, 2.24) is 4.90 Å². The Balaban J connectivity index is 1.64. The van der Waals surface area contributed by atoms with Crippen molar-refractivity contribution in [3.8, 4) is 0 Å². The molecule has 2 aliphatic heterocycles.